The Morgan fingerprint density at radius 1 is 1.14 bits per heavy atom. The molecule has 0 saturated heterocycles. The van der Waals surface area contributed by atoms with Gasteiger partial charge in [0.05, 0.1) is 26.2 Å². The van der Waals surface area contributed by atoms with E-state index in [0.717, 1.165) is 5.69 Å². The number of hydrogen-bond donors (Lipinski definition) is 0. The summed E-state index contributed by atoms with van der Waals surface area (Å²) in [6, 6.07) is 9.12. The van der Waals surface area contributed by atoms with E-state index >= 15 is 0 Å². The topological polar surface area (TPSA) is 70.5 Å². The molecule has 2 aromatic rings. The zero-order chi connectivity index (χ0) is 20.4. The average Bonchev–Trinajstić information content (AvgIpc) is 2.67. The number of benzene rings is 1. The number of aromatic nitrogens is 2. The molecule has 28 heavy (non-hydrogen) atoms. The smallest absolute Gasteiger partial charge is 0.341 e. The van der Waals surface area contributed by atoms with Crippen LogP contribution in [0.2, 0.25) is 0 Å². The molecule has 0 fully saturated rings. The summed E-state index contributed by atoms with van der Waals surface area (Å²) in [7, 11) is 2.77. The van der Waals surface area contributed by atoms with Crippen LogP contribution in [0.15, 0.2) is 42.8 Å². The maximum Gasteiger partial charge on any atom is 0.341 e. The Bertz CT molecular complexity index is 792. The molecule has 1 aromatic heterocycles. The fourth-order valence-electron chi connectivity index (χ4n) is 2.13. The van der Waals surface area contributed by atoms with Crippen molar-refractivity contribution in [2.75, 3.05) is 14.2 Å². The third kappa shape index (κ3) is 7.45. The van der Waals surface area contributed by atoms with Crippen LogP contribution in [0.1, 0.15) is 32.0 Å². The van der Waals surface area contributed by atoms with Crippen molar-refractivity contribution in [1.82, 2.24) is 9.97 Å². The minimum absolute atomic E-state index is 0. The summed E-state index contributed by atoms with van der Waals surface area (Å²) in [4.78, 5) is 23.9. The molecule has 0 amide bonds. The number of rotatable bonds is 5. The number of halogens is 1. The predicted molar refractivity (Wildman–Crippen MR) is 114 cm³/mol. The molecule has 0 aliphatic heterocycles. The molecule has 0 bridgehead atoms. The van der Waals surface area contributed by atoms with Gasteiger partial charge in [0.15, 0.2) is 0 Å². The average molecular weight is 534 g/mol. The number of esters is 1. The molecule has 0 unspecified atom stereocenters. The molecule has 6 nitrogen and oxygen atoms in total. The van der Waals surface area contributed by atoms with E-state index in [9.17, 15) is 4.79 Å². The van der Waals surface area contributed by atoms with Gasteiger partial charge < -0.3 is 36.8 Å². The SMILES string of the molecule is CO/C=C(/C(=O)OC)c1ccccc1Oc1nccc(C(C)(C)C)n1.[CH2-]I.[V]. The molecule has 8 heteroatoms. The maximum absolute atomic E-state index is 12.0. The van der Waals surface area contributed by atoms with Crippen LogP contribution < -0.4 is 4.74 Å². The minimum atomic E-state index is -0.526. The van der Waals surface area contributed by atoms with Gasteiger partial charge in [-0.15, -0.1) is 0 Å². The second kappa shape index (κ2) is 12.8. The second-order valence-corrected chi connectivity index (χ2v) is 6.33. The summed E-state index contributed by atoms with van der Waals surface area (Å²) in [5.41, 5.74) is 1.50. The van der Waals surface area contributed by atoms with E-state index in [1.807, 2.05) is 28.7 Å². The Kier molecular flexibility index (Phi) is 12.1. The first kappa shape index (κ1) is 26.4. The molecular formula is C20H24IN2O4V-. The molecule has 1 heterocycles. The summed E-state index contributed by atoms with van der Waals surface area (Å²) >= 11 is 1.90. The van der Waals surface area contributed by atoms with Crippen LogP contribution >= 0.6 is 22.6 Å². The number of carbonyl (C=O) groups excluding carboxylic acids is 1. The molecule has 1 aromatic carbocycles. The van der Waals surface area contributed by atoms with Gasteiger partial charge in [0, 0.05) is 35.7 Å². The Hall–Kier alpha value is -1.58. The predicted octanol–water partition coefficient (Wildman–Crippen LogP) is 4.94. The Morgan fingerprint density at radius 2 is 1.79 bits per heavy atom. The van der Waals surface area contributed by atoms with Gasteiger partial charge >= 0.3 is 12.0 Å². The number of ether oxygens (including phenoxy) is 3. The van der Waals surface area contributed by atoms with Crippen molar-refractivity contribution in [3.8, 4) is 11.8 Å². The molecule has 151 valence electrons. The van der Waals surface area contributed by atoms with Crippen LogP contribution in [0.3, 0.4) is 0 Å². The van der Waals surface area contributed by atoms with E-state index in [1.54, 1.807) is 30.5 Å². The van der Waals surface area contributed by atoms with Gasteiger partial charge in [0.2, 0.25) is 0 Å². The van der Waals surface area contributed by atoms with Crippen molar-refractivity contribution in [3.05, 3.63) is 59.0 Å². The van der Waals surface area contributed by atoms with Crippen molar-refractivity contribution in [2.24, 2.45) is 0 Å². The van der Waals surface area contributed by atoms with Gasteiger partial charge in [-0.25, -0.2) is 9.78 Å². The van der Waals surface area contributed by atoms with E-state index in [0.29, 0.717) is 11.3 Å². The van der Waals surface area contributed by atoms with E-state index in [4.69, 9.17) is 14.2 Å². The number of para-hydroxylation sites is 1. The van der Waals surface area contributed by atoms with Crippen molar-refractivity contribution < 1.29 is 37.6 Å². The molecular weight excluding hydrogens is 510 g/mol. The molecule has 1 radical (unpaired) electrons. The standard InChI is InChI=1S/C19H22N2O4.CH2I.V/c1-19(2,3)16-10-11-20-18(21-16)25-15-9-7-6-8-13(15)14(12-23-4)17(22)24-5;1-2;/h6-12H,1-5H3;1H2;/q;-1;/b14-12+;;. The van der Waals surface area contributed by atoms with Crippen molar-refractivity contribution in [3.63, 3.8) is 0 Å². The van der Waals surface area contributed by atoms with Gasteiger partial charge in [0.1, 0.15) is 11.3 Å². The van der Waals surface area contributed by atoms with E-state index < -0.39 is 5.97 Å². The molecule has 0 N–H and O–H groups in total. The largest absolute Gasteiger partial charge is 0.503 e. The third-order valence-electron chi connectivity index (χ3n) is 3.42. The van der Waals surface area contributed by atoms with Crippen LogP contribution in [0.4, 0.5) is 0 Å². The summed E-state index contributed by atoms with van der Waals surface area (Å²) in [5, 5.41) is 0. The summed E-state index contributed by atoms with van der Waals surface area (Å²) in [6.07, 6.45) is 2.97. The van der Waals surface area contributed by atoms with E-state index in [2.05, 4.69) is 35.7 Å². The fourth-order valence-corrected chi connectivity index (χ4v) is 2.13. The first-order chi connectivity index (χ1) is 12.9. The summed E-state index contributed by atoms with van der Waals surface area (Å²) in [5.74, 6) is -0.0930. The first-order valence-corrected chi connectivity index (χ1v) is 9.58. The number of methoxy groups -OCH3 is 2. The molecule has 0 aliphatic rings. The van der Waals surface area contributed by atoms with Crippen LogP contribution in [0, 0.1) is 4.93 Å². The quantitative estimate of drug-likeness (QED) is 0.178. The number of hydrogen-bond acceptors (Lipinski definition) is 6. The zero-order valence-corrected chi connectivity index (χ0v) is 20.2. The van der Waals surface area contributed by atoms with Gasteiger partial charge in [-0.1, -0.05) is 39.0 Å². The maximum atomic E-state index is 12.0. The van der Waals surface area contributed by atoms with E-state index in [-0.39, 0.29) is 35.6 Å². The van der Waals surface area contributed by atoms with Crippen LogP contribution in [0.5, 0.6) is 11.8 Å². The van der Waals surface area contributed by atoms with Gasteiger partial charge in [-0.2, -0.15) is 4.98 Å². The van der Waals surface area contributed by atoms with Crippen LogP contribution in [0.25, 0.3) is 5.57 Å². The molecule has 0 atom stereocenters. The zero-order valence-electron chi connectivity index (χ0n) is 16.6. The fraction of sp³-hybridized carbons (Fsp3) is 0.300. The number of nitrogens with zero attached hydrogens (tertiary/aromatic N) is 2. The molecule has 2 rings (SSSR count). The first-order valence-electron chi connectivity index (χ1n) is 8.05. The Morgan fingerprint density at radius 3 is 2.36 bits per heavy atom. The monoisotopic (exact) mass is 534 g/mol. The van der Waals surface area contributed by atoms with Crippen molar-refractivity contribution in [1.29, 1.82) is 0 Å². The van der Waals surface area contributed by atoms with Gasteiger partial charge in [0.25, 0.3) is 0 Å². The Labute approximate surface area is 192 Å². The van der Waals surface area contributed by atoms with Crippen LogP contribution in [-0.4, -0.2) is 30.2 Å². The van der Waals surface area contributed by atoms with Gasteiger partial charge in [-0.3, -0.25) is 4.93 Å². The summed E-state index contributed by atoms with van der Waals surface area (Å²) < 4.78 is 15.7. The Balaban J connectivity index is 0.00000235. The van der Waals surface area contributed by atoms with Crippen molar-refractivity contribution >= 4 is 34.1 Å². The number of carbonyl (C=O) groups is 1. The minimum Gasteiger partial charge on any atom is -0.503 e. The molecule has 0 saturated carbocycles. The van der Waals surface area contributed by atoms with Gasteiger partial charge in [-0.05, 0) is 12.1 Å². The summed E-state index contributed by atoms with van der Waals surface area (Å²) in [6.45, 7) is 6.18. The van der Waals surface area contributed by atoms with Crippen molar-refractivity contribution in [2.45, 2.75) is 26.2 Å². The second-order valence-electron chi connectivity index (χ2n) is 6.33. The normalized spacial score (nSPS) is 10.8. The molecule has 0 aliphatic carbocycles. The third-order valence-corrected chi connectivity index (χ3v) is 3.42. The van der Waals surface area contributed by atoms with E-state index in [1.165, 1.54) is 20.5 Å². The molecule has 0 spiro atoms. The van der Waals surface area contributed by atoms with Crippen LogP contribution in [-0.2, 0) is 38.2 Å².